The monoisotopic (exact) mass is 410 g/mol. The molecular weight excluding hydrogens is 394 g/mol. The third kappa shape index (κ3) is 3.31. The summed E-state index contributed by atoms with van der Waals surface area (Å²) in [5.74, 6) is -3.58. The lowest BCUT2D eigenvalue weighted by molar-refractivity contribution is 0.0720. The molecule has 0 atom stereocenters. The van der Waals surface area contributed by atoms with Gasteiger partial charge >= 0.3 is 0 Å². The second kappa shape index (κ2) is 6.74. The Morgan fingerprint density at radius 3 is 2.75 bits per heavy atom. The molecule has 0 unspecified atom stereocenters. The van der Waals surface area contributed by atoms with Crippen LogP contribution >= 0.6 is 0 Å². The van der Waals surface area contributed by atoms with Gasteiger partial charge in [-0.2, -0.15) is 0 Å². The Labute approximate surface area is 158 Å². The number of benzene rings is 1. The van der Waals surface area contributed by atoms with Crippen LogP contribution in [0.4, 0.5) is 8.78 Å². The summed E-state index contributed by atoms with van der Waals surface area (Å²) in [6.07, 6.45) is 2.65. The molecule has 8 nitrogen and oxygen atoms in total. The molecule has 28 heavy (non-hydrogen) atoms. The van der Waals surface area contributed by atoms with Crippen molar-refractivity contribution in [2.45, 2.75) is 36.7 Å². The molecule has 1 aromatic carbocycles. The van der Waals surface area contributed by atoms with Crippen molar-refractivity contribution in [1.29, 1.82) is 0 Å². The fourth-order valence-corrected chi connectivity index (χ4v) is 4.50. The zero-order valence-electron chi connectivity index (χ0n) is 14.5. The quantitative estimate of drug-likeness (QED) is 0.770. The van der Waals surface area contributed by atoms with E-state index in [9.17, 15) is 26.8 Å². The second-order valence-corrected chi connectivity index (χ2v) is 8.45. The van der Waals surface area contributed by atoms with E-state index in [4.69, 9.17) is 0 Å². The molecule has 1 aromatic heterocycles. The number of nitrogens with one attached hydrogen (secondary N) is 2. The van der Waals surface area contributed by atoms with Gasteiger partial charge < -0.3 is 9.88 Å². The number of aromatic amines is 1. The van der Waals surface area contributed by atoms with Crippen LogP contribution in [0.5, 0.6) is 0 Å². The summed E-state index contributed by atoms with van der Waals surface area (Å²) >= 11 is 0. The van der Waals surface area contributed by atoms with Gasteiger partial charge in [-0.15, -0.1) is 0 Å². The van der Waals surface area contributed by atoms with Crippen LogP contribution in [0, 0.1) is 11.6 Å². The topological polar surface area (TPSA) is 112 Å². The molecule has 2 aliphatic rings. The Morgan fingerprint density at radius 2 is 2.04 bits per heavy atom. The first kappa shape index (κ1) is 18.7. The van der Waals surface area contributed by atoms with Gasteiger partial charge in [-0.25, -0.2) is 26.9 Å². The fourth-order valence-electron chi connectivity index (χ4n) is 3.12. The number of rotatable bonds is 4. The predicted molar refractivity (Wildman–Crippen MR) is 93.0 cm³/mol. The molecule has 2 heterocycles. The number of fused-ring (bicyclic) bond motifs is 1. The average Bonchev–Trinajstić information content (AvgIpc) is 3.44. The summed E-state index contributed by atoms with van der Waals surface area (Å²) in [7, 11) is -4.21. The first-order valence-corrected chi connectivity index (χ1v) is 10.1. The molecule has 11 heteroatoms. The SMILES string of the molecule is O=C(c1c(F)ccc(S(=O)(=O)NC2CC2)c1F)N1CCc2c(nc[nH]c2=O)C1. The van der Waals surface area contributed by atoms with Crippen LogP contribution in [0.2, 0.25) is 0 Å². The van der Waals surface area contributed by atoms with Crippen LogP contribution in [0.25, 0.3) is 0 Å². The highest BCUT2D eigenvalue weighted by molar-refractivity contribution is 7.89. The maximum atomic E-state index is 14.9. The largest absolute Gasteiger partial charge is 0.332 e. The first-order chi connectivity index (χ1) is 13.3. The van der Waals surface area contributed by atoms with Crippen LogP contribution in [0.1, 0.15) is 34.5 Å². The number of carbonyl (C=O) groups is 1. The van der Waals surface area contributed by atoms with Gasteiger partial charge in [-0.05, 0) is 31.4 Å². The minimum Gasteiger partial charge on any atom is -0.332 e. The van der Waals surface area contributed by atoms with Crippen molar-refractivity contribution in [3.05, 3.63) is 57.3 Å². The van der Waals surface area contributed by atoms with Crippen LogP contribution in [-0.4, -0.2) is 41.8 Å². The summed E-state index contributed by atoms with van der Waals surface area (Å²) < 4.78 is 56.1. The van der Waals surface area contributed by atoms with E-state index in [0.717, 1.165) is 17.0 Å². The van der Waals surface area contributed by atoms with Crippen LogP contribution in [0.15, 0.2) is 28.2 Å². The lowest BCUT2D eigenvalue weighted by Crippen LogP contribution is -2.40. The van der Waals surface area contributed by atoms with Crippen molar-refractivity contribution in [2.75, 3.05) is 6.54 Å². The van der Waals surface area contributed by atoms with Crippen LogP contribution in [0.3, 0.4) is 0 Å². The van der Waals surface area contributed by atoms with Gasteiger partial charge in [0.25, 0.3) is 11.5 Å². The molecule has 4 rings (SSSR count). The number of aromatic nitrogens is 2. The van der Waals surface area contributed by atoms with Gasteiger partial charge in [0.2, 0.25) is 10.0 Å². The van der Waals surface area contributed by atoms with E-state index in [2.05, 4.69) is 14.7 Å². The zero-order valence-corrected chi connectivity index (χ0v) is 15.4. The number of nitrogens with zero attached hydrogens (tertiary/aromatic N) is 2. The molecule has 1 aliphatic carbocycles. The number of hydrogen-bond acceptors (Lipinski definition) is 5. The van der Waals surface area contributed by atoms with Gasteiger partial charge in [0.05, 0.1) is 18.6 Å². The van der Waals surface area contributed by atoms with Crippen LogP contribution in [-0.2, 0) is 23.0 Å². The molecule has 1 aliphatic heterocycles. The molecule has 1 saturated carbocycles. The van der Waals surface area contributed by atoms with E-state index in [-0.39, 0.29) is 31.1 Å². The summed E-state index contributed by atoms with van der Waals surface area (Å²) in [6.45, 7) is -0.0505. The number of sulfonamides is 1. The summed E-state index contributed by atoms with van der Waals surface area (Å²) in [5, 5.41) is 0. The molecule has 1 amide bonds. The lowest BCUT2D eigenvalue weighted by Gasteiger charge is -2.27. The highest BCUT2D eigenvalue weighted by Crippen LogP contribution is 2.27. The minimum atomic E-state index is -4.21. The smallest absolute Gasteiger partial charge is 0.260 e. The highest BCUT2D eigenvalue weighted by atomic mass is 32.2. The Kier molecular flexibility index (Phi) is 4.50. The molecule has 1 fully saturated rings. The van der Waals surface area contributed by atoms with Crippen LogP contribution < -0.4 is 10.3 Å². The Morgan fingerprint density at radius 1 is 1.29 bits per heavy atom. The van der Waals surface area contributed by atoms with Gasteiger partial charge in [-0.1, -0.05) is 0 Å². The number of carbonyl (C=O) groups excluding carboxylic acids is 1. The molecule has 0 radical (unpaired) electrons. The average molecular weight is 410 g/mol. The third-order valence-electron chi connectivity index (χ3n) is 4.76. The molecule has 148 valence electrons. The van der Waals surface area contributed by atoms with E-state index in [0.29, 0.717) is 24.1 Å². The third-order valence-corrected chi connectivity index (χ3v) is 6.29. The van der Waals surface area contributed by atoms with E-state index in [1.807, 2.05) is 0 Å². The lowest BCUT2D eigenvalue weighted by atomic mass is 10.0. The van der Waals surface area contributed by atoms with Crippen molar-refractivity contribution in [3.8, 4) is 0 Å². The summed E-state index contributed by atoms with van der Waals surface area (Å²) in [5.41, 5.74) is -0.513. The highest BCUT2D eigenvalue weighted by Gasteiger charge is 2.34. The van der Waals surface area contributed by atoms with Gasteiger partial charge in [0, 0.05) is 18.2 Å². The molecular formula is C17H16F2N4O4S. The Bertz CT molecular complexity index is 1130. The van der Waals surface area contributed by atoms with Gasteiger partial charge in [0.15, 0.2) is 5.82 Å². The number of H-pyrrole nitrogens is 1. The van der Waals surface area contributed by atoms with E-state index < -0.39 is 38.0 Å². The van der Waals surface area contributed by atoms with Crippen molar-refractivity contribution in [3.63, 3.8) is 0 Å². The normalized spacial score (nSPS) is 16.7. The molecule has 0 saturated heterocycles. The predicted octanol–water partition coefficient (Wildman–Crippen LogP) is 0.687. The minimum absolute atomic E-state index is 0.0524. The first-order valence-electron chi connectivity index (χ1n) is 8.63. The molecule has 2 aromatic rings. The fraction of sp³-hybridized carbons (Fsp3) is 0.353. The standard InChI is InChI=1S/C17H16F2N4O4S/c18-11-3-4-13(28(26,27)22-9-1-2-9)15(19)14(11)17(25)23-6-5-10-12(7-23)20-8-21-16(10)24/h3-4,8-9,22H,1-2,5-7H2,(H,20,21,24). The number of amides is 1. The second-order valence-electron chi connectivity index (χ2n) is 6.76. The van der Waals surface area contributed by atoms with Crippen molar-refractivity contribution in [2.24, 2.45) is 0 Å². The summed E-state index contributed by atoms with van der Waals surface area (Å²) in [6, 6.07) is 1.30. The van der Waals surface area contributed by atoms with Crippen molar-refractivity contribution >= 4 is 15.9 Å². The Hall–Kier alpha value is -2.66. The van der Waals surface area contributed by atoms with E-state index in [1.54, 1.807) is 0 Å². The summed E-state index contributed by atoms with van der Waals surface area (Å²) in [4.78, 5) is 31.4. The maximum absolute atomic E-state index is 14.9. The van der Waals surface area contributed by atoms with Crippen molar-refractivity contribution in [1.82, 2.24) is 19.6 Å². The van der Waals surface area contributed by atoms with E-state index in [1.165, 1.54) is 6.33 Å². The van der Waals surface area contributed by atoms with Gasteiger partial charge in [0.1, 0.15) is 16.3 Å². The Balaban J connectivity index is 1.68. The molecule has 0 spiro atoms. The number of hydrogen-bond donors (Lipinski definition) is 2. The molecule has 0 bridgehead atoms. The van der Waals surface area contributed by atoms with Crippen molar-refractivity contribution < 1.29 is 22.0 Å². The van der Waals surface area contributed by atoms with Gasteiger partial charge in [-0.3, -0.25) is 9.59 Å². The zero-order chi connectivity index (χ0) is 20.1. The van der Waals surface area contributed by atoms with E-state index >= 15 is 0 Å². The molecule has 2 N–H and O–H groups in total. The maximum Gasteiger partial charge on any atom is 0.260 e. The number of halogens is 2.